The number of nitrogens with zero attached hydrogens (tertiary/aromatic N) is 1. The van der Waals surface area contributed by atoms with Crippen LogP contribution in [0.4, 0.5) is 0 Å². The van der Waals surface area contributed by atoms with Crippen molar-refractivity contribution in [2.75, 3.05) is 13.1 Å². The molecule has 2 aromatic rings. The van der Waals surface area contributed by atoms with E-state index in [2.05, 4.69) is 67.6 Å². The molecule has 105 valence electrons. The zero-order chi connectivity index (χ0) is 13.9. The number of fused-ring (bicyclic) bond motifs is 1. The van der Waals surface area contributed by atoms with Crippen molar-refractivity contribution in [3.63, 3.8) is 0 Å². The summed E-state index contributed by atoms with van der Waals surface area (Å²) >= 11 is 0. The fourth-order valence-electron chi connectivity index (χ4n) is 3.32. The Bertz CT molecular complexity index is 569. The van der Waals surface area contributed by atoms with Gasteiger partial charge in [-0.1, -0.05) is 49.4 Å². The summed E-state index contributed by atoms with van der Waals surface area (Å²) in [6.45, 7) is 7.03. The van der Waals surface area contributed by atoms with Gasteiger partial charge in [-0.25, -0.2) is 0 Å². The van der Waals surface area contributed by atoms with Crippen LogP contribution in [0.1, 0.15) is 38.2 Å². The highest BCUT2D eigenvalue weighted by atomic mass is 15.2. The molecule has 0 bridgehead atoms. The highest BCUT2D eigenvalue weighted by Gasteiger charge is 2.24. The highest BCUT2D eigenvalue weighted by Crippen LogP contribution is 2.32. The number of rotatable bonds is 3. The van der Waals surface area contributed by atoms with Gasteiger partial charge in [-0.2, -0.15) is 0 Å². The first kappa shape index (κ1) is 13.6. The van der Waals surface area contributed by atoms with Crippen molar-refractivity contribution in [3.05, 3.63) is 54.4 Å². The lowest BCUT2D eigenvalue weighted by molar-refractivity contribution is 0.177. The molecule has 0 amide bonds. The number of hydrogen-bond donors (Lipinski definition) is 0. The maximum atomic E-state index is 2.65. The fraction of sp³-hybridized carbons (Fsp3) is 0.421. The van der Waals surface area contributed by atoms with Gasteiger partial charge >= 0.3 is 0 Å². The van der Waals surface area contributed by atoms with E-state index in [0.29, 0.717) is 12.0 Å². The molecule has 0 N–H and O–H groups in total. The summed E-state index contributed by atoms with van der Waals surface area (Å²) in [6, 6.07) is 16.2. The first-order chi connectivity index (χ1) is 9.79. The van der Waals surface area contributed by atoms with Gasteiger partial charge in [0.2, 0.25) is 0 Å². The van der Waals surface area contributed by atoms with E-state index >= 15 is 0 Å². The first-order valence-corrected chi connectivity index (χ1v) is 7.84. The molecule has 0 aliphatic carbocycles. The minimum Gasteiger partial charge on any atom is -0.300 e. The van der Waals surface area contributed by atoms with Crippen molar-refractivity contribution in [1.29, 1.82) is 0 Å². The summed E-state index contributed by atoms with van der Waals surface area (Å²) in [7, 11) is 0. The monoisotopic (exact) mass is 266 g/mol. The fourth-order valence-corrected chi connectivity index (χ4v) is 3.32. The smallest absolute Gasteiger partial charge is 0.00645 e. The summed E-state index contributed by atoms with van der Waals surface area (Å²) in [5, 5.41) is 2.78. The number of benzene rings is 2. The first-order valence-electron chi connectivity index (χ1n) is 7.84. The van der Waals surface area contributed by atoms with Crippen molar-refractivity contribution in [3.8, 4) is 0 Å². The Hall–Kier alpha value is -1.34. The second kappa shape index (κ2) is 5.97. The Morgan fingerprint density at radius 3 is 2.80 bits per heavy atom. The second-order valence-corrected chi connectivity index (χ2v) is 5.95. The predicted octanol–water partition coefficient (Wildman–Crippen LogP) is 4.63. The van der Waals surface area contributed by atoms with Crippen LogP contribution in [0.3, 0.4) is 0 Å². The van der Waals surface area contributed by atoms with Gasteiger partial charge in [0, 0.05) is 18.5 Å². The standard InChI is InChI=1S/C19H24N/c1-3-15(2)20-13-7-10-17(14-20)19-12-6-9-16-8-4-5-11-18(16)19/h4-6,8-12,15,17H,3,7,13-14H2,1-2H3. The highest BCUT2D eigenvalue weighted by molar-refractivity contribution is 5.86. The van der Waals surface area contributed by atoms with Crippen molar-refractivity contribution >= 4 is 10.8 Å². The van der Waals surface area contributed by atoms with Crippen LogP contribution in [0.5, 0.6) is 0 Å². The van der Waals surface area contributed by atoms with Gasteiger partial charge in [-0.15, -0.1) is 0 Å². The number of likely N-dealkylation sites (tertiary alicyclic amines) is 1. The van der Waals surface area contributed by atoms with Crippen LogP contribution < -0.4 is 0 Å². The summed E-state index contributed by atoms with van der Waals surface area (Å²) in [4.78, 5) is 2.65. The second-order valence-electron chi connectivity index (χ2n) is 5.95. The van der Waals surface area contributed by atoms with E-state index < -0.39 is 0 Å². The quantitative estimate of drug-likeness (QED) is 0.782. The van der Waals surface area contributed by atoms with Gasteiger partial charge in [-0.05, 0) is 49.1 Å². The summed E-state index contributed by atoms with van der Waals surface area (Å²) in [6.07, 6.45) is 4.96. The summed E-state index contributed by atoms with van der Waals surface area (Å²) in [5.41, 5.74) is 1.50. The van der Waals surface area contributed by atoms with E-state index in [9.17, 15) is 0 Å². The Labute approximate surface area is 122 Å². The van der Waals surface area contributed by atoms with E-state index in [1.165, 1.54) is 42.3 Å². The van der Waals surface area contributed by atoms with Gasteiger partial charge in [0.15, 0.2) is 0 Å². The van der Waals surface area contributed by atoms with Crippen LogP contribution in [-0.2, 0) is 0 Å². The van der Waals surface area contributed by atoms with E-state index in [1.54, 1.807) is 0 Å². The van der Waals surface area contributed by atoms with E-state index in [4.69, 9.17) is 0 Å². The minimum atomic E-state index is 0.573. The molecule has 1 radical (unpaired) electrons. The molecule has 1 saturated heterocycles. The molecule has 1 fully saturated rings. The van der Waals surface area contributed by atoms with E-state index in [1.807, 2.05) is 0 Å². The molecule has 3 rings (SSSR count). The molecule has 2 atom stereocenters. The molecule has 20 heavy (non-hydrogen) atoms. The molecular weight excluding hydrogens is 242 g/mol. The molecule has 2 unspecified atom stereocenters. The van der Waals surface area contributed by atoms with Gasteiger partial charge in [0.05, 0.1) is 0 Å². The molecule has 1 aliphatic rings. The lowest BCUT2D eigenvalue weighted by Crippen LogP contribution is -2.40. The van der Waals surface area contributed by atoms with Gasteiger partial charge in [-0.3, -0.25) is 0 Å². The van der Waals surface area contributed by atoms with Crippen LogP contribution >= 0.6 is 0 Å². The van der Waals surface area contributed by atoms with Crippen LogP contribution in [0.2, 0.25) is 0 Å². The van der Waals surface area contributed by atoms with Crippen molar-refractivity contribution in [2.45, 2.75) is 38.6 Å². The zero-order valence-electron chi connectivity index (χ0n) is 12.5. The van der Waals surface area contributed by atoms with Gasteiger partial charge < -0.3 is 4.90 Å². The average Bonchev–Trinajstić information content (AvgIpc) is 2.53. The number of hydrogen-bond acceptors (Lipinski definition) is 1. The predicted molar refractivity (Wildman–Crippen MR) is 86.9 cm³/mol. The zero-order valence-corrected chi connectivity index (χ0v) is 12.5. The molecular formula is C19H24N. The van der Waals surface area contributed by atoms with Gasteiger partial charge in [0.25, 0.3) is 0 Å². The van der Waals surface area contributed by atoms with Crippen molar-refractivity contribution in [2.24, 2.45) is 0 Å². The van der Waals surface area contributed by atoms with Crippen molar-refractivity contribution in [1.82, 2.24) is 4.90 Å². The largest absolute Gasteiger partial charge is 0.300 e. The van der Waals surface area contributed by atoms with Crippen LogP contribution in [0.15, 0.2) is 42.5 Å². The molecule has 2 aromatic carbocycles. The average molecular weight is 266 g/mol. The van der Waals surface area contributed by atoms with Crippen LogP contribution in [-0.4, -0.2) is 24.0 Å². The van der Waals surface area contributed by atoms with Crippen LogP contribution in [0, 0.1) is 6.42 Å². The van der Waals surface area contributed by atoms with E-state index in [0.717, 1.165) is 0 Å². The van der Waals surface area contributed by atoms with Crippen LogP contribution in [0.25, 0.3) is 10.8 Å². The Balaban J connectivity index is 1.91. The number of piperidine rings is 1. The summed E-state index contributed by atoms with van der Waals surface area (Å²) < 4.78 is 0. The summed E-state index contributed by atoms with van der Waals surface area (Å²) in [5.74, 6) is 0.573. The molecule has 0 aromatic heterocycles. The Morgan fingerprint density at radius 2 is 1.95 bits per heavy atom. The minimum absolute atomic E-state index is 0.573. The topological polar surface area (TPSA) is 3.24 Å². The Morgan fingerprint density at radius 1 is 1.15 bits per heavy atom. The van der Waals surface area contributed by atoms with Gasteiger partial charge in [0.1, 0.15) is 0 Å². The maximum absolute atomic E-state index is 2.65. The molecule has 0 saturated carbocycles. The molecule has 1 heteroatoms. The third-order valence-corrected chi connectivity index (χ3v) is 4.74. The van der Waals surface area contributed by atoms with E-state index in [-0.39, 0.29) is 0 Å². The third kappa shape index (κ3) is 2.60. The third-order valence-electron chi connectivity index (χ3n) is 4.74. The van der Waals surface area contributed by atoms with Crippen molar-refractivity contribution < 1.29 is 0 Å². The maximum Gasteiger partial charge on any atom is 0.00645 e. The normalized spacial score (nSPS) is 22.0. The molecule has 1 nitrogen and oxygen atoms in total. The molecule has 1 heterocycles. The molecule has 0 spiro atoms. The SMILES string of the molecule is CCC(C)N1CC[CH]C(c2cccc3ccccc23)C1. The molecule has 1 aliphatic heterocycles. The lowest BCUT2D eigenvalue weighted by Gasteiger charge is -2.37. The Kier molecular flexibility index (Phi) is 4.07. The lowest BCUT2D eigenvalue weighted by atomic mass is 9.87.